The van der Waals surface area contributed by atoms with Gasteiger partial charge in [-0.3, -0.25) is 19.2 Å². The summed E-state index contributed by atoms with van der Waals surface area (Å²) >= 11 is 0. The van der Waals surface area contributed by atoms with Crippen LogP contribution in [0.1, 0.15) is 11.1 Å². The van der Waals surface area contributed by atoms with Gasteiger partial charge in [0.05, 0.1) is 4.92 Å². The number of anilines is 1. The Labute approximate surface area is 176 Å². The monoisotopic (exact) mass is 423 g/mol. The van der Waals surface area contributed by atoms with Crippen molar-refractivity contribution in [2.24, 2.45) is 0 Å². The van der Waals surface area contributed by atoms with Crippen molar-refractivity contribution in [1.82, 2.24) is 0 Å². The van der Waals surface area contributed by atoms with Crippen molar-refractivity contribution >= 4 is 43.8 Å². The van der Waals surface area contributed by atoms with E-state index in [1.807, 2.05) is 0 Å². The smallest absolute Gasteiger partial charge is 0.399 e. The van der Waals surface area contributed by atoms with Crippen molar-refractivity contribution < 1.29 is 60.4 Å². The van der Waals surface area contributed by atoms with E-state index < -0.39 is 40.6 Å². The summed E-state index contributed by atoms with van der Waals surface area (Å²) in [6, 6.07) is 6.39. The molecule has 0 heterocycles. The van der Waals surface area contributed by atoms with E-state index in [2.05, 4.69) is 0 Å². The Hall–Kier alpha value is -1.80. The van der Waals surface area contributed by atoms with E-state index >= 15 is 0 Å². The number of benzene rings is 2. The second-order valence-electron chi connectivity index (χ2n) is 5.06. The van der Waals surface area contributed by atoms with Crippen LogP contribution in [0.2, 0.25) is 0 Å². The molecule has 0 saturated carbocycles. The Kier molecular flexibility index (Phi) is 7.30. The maximum atomic E-state index is 11.5. The van der Waals surface area contributed by atoms with Gasteiger partial charge in [-0.25, -0.2) is 0 Å². The molecular formula is C14H12N2NaO8S2+. The van der Waals surface area contributed by atoms with Crippen molar-refractivity contribution in [1.29, 1.82) is 0 Å². The van der Waals surface area contributed by atoms with Gasteiger partial charge in [-0.05, 0) is 29.3 Å². The maximum absolute atomic E-state index is 11.5. The molecule has 0 spiro atoms. The number of hydrogen-bond donors (Lipinski definition) is 3. The number of nitro groups is 1. The Morgan fingerprint density at radius 3 is 1.78 bits per heavy atom. The van der Waals surface area contributed by atoms with Gasteiger partial charge in [0.1, 0.15) is 9.79 Å². The number of nitrogen functional groups attached to an aromatic ring is 1. The quantitative estimate of drug-likeness (QED) is 0.134. The number of non-ortho nitro benzene ring substituents is 1. The largest absolute Gasteiger partial charge is 1.00 e. The molecule has 0 aliphatic heterocycles. The fourth-order valence-electron chi connectivity index (χ4n) is 2.09. The van der Waals surface area contributed by atoms with Gasteiger partial charge in [0.15, 0.2) is 0 Å². The summed E-state index contributed by atoms with van der Waals surface area (Å²) in [4.78, 5) is 8.69. The number of nitrogens with two attached hydrogens (primary N) is 1. The van der Waals surface area contributed by atoms with Crippen LogP contribution < -0.4 is 35.3 Å². The first-order valence-corrected chi connectivity index (χ1v) is 9.58. The van der Waals surface area contributed by atoms with Crippen LogP contribution in [0.25, 0.3) is 12.2 Å². The van der Waals surface area contributed by atoms with Crippen LogP contribution in [0.5, 0.6) is 0 Å². The molecule has 0 radical (unpaired) electrons. The maximum Gasteiger partial charge on any atom is 1.00 e. The summed E-state index contributed by atoms with van der Waals surface area (Å²) in [7, 11) is -9.39. The third-order valence-electron chi connectivity index (χ3n) is 3.24. The van der Waals surface area contributed by atoms with Crippen LogP contribution >= 0.6 is 0 Å². The van der Waals surface area contributed by atoms with Crippen molar-refractivity contribution in [3.63, 3.8) is 0 Å². The van der Waals surface area contributed by atoms with Gasteiger partial charge in [0.2, 0.25) is 0 Å². The SMILES string of the molecule is Nc1ccc(/C=C/c2ccc([N+](=O)[O-])cc2S(=O)(=O)O)c(S(=O)(=O)O)c1.[Na+]. The van der Waals surface area contributed by atoms with Gasteiger partial charge in [-0.1, -0.05) is 18.2 Å². The number of nitrogens with zero attached hydrogens (tertiary/aromatic N) is 1. The first-order valence-electron chi connectivity index (χ1n) is 6.70. The Bertz CT molecular complexity index is 1130. The van der Waals surface area contributed by atoms with E-state index in [0.29, 0.717) is 6.07 Å². The molecule has 2 aromatic rings. The zero-order valence-corrected chi connectivity index (χ0v) is 17.4. The van der Waals surface area contributed by atoms with Crippen molar-refractivity contribution in [3.05, 3.63) is 57.6 Å². The van der Waals surface area contributed by atoms with E-state index in [1.54, 1.807) is 0 Å². The normalized spacial score (nSPS) is 11.9. The summed E-state index contributed by atoms with van der Waals surface area (Å²) in [5, 5.41) is 10.8. The van der Waals surface area contributed by atoms with Gasteiger partial charge in [-0.15, -0.1) is 0 Å². The second kappa shape index (κ2) is 8.48. The number of rotatable bonds is 5. The van der Waals surface area contributed by atoms with Crippen LogP contribution in [-0.2, 0) is 20.2 Å². The topological polar surface area (TPSA) is 178 Å². The number of nitro benzene ring substituents is 1. The minimum absolute atomic E-state index is 0. The summed E-state index contributed by atoms with van der Waals surface area (Å²) in [5.41, 5.74) is 4.86. The molecule has 13 heteroatoms. The molecule has 0 aliphatic rings. The zero-order chi connectivity index (χ0) is 19.7. The summed E-state index contributed by atoms with van der Waals surface area (Å²) < 4.78 is 64.3. The number of hydrogen-bond acceptors (Lipinski definition) is 7. The van der Waals surface area contributed by atoms with E-state index in [4.69, 9.17) is 5.73 Å². The standard InChI is InChI=1S/C14H12N2O8S2.Na/c15-11-5-3-9(13(7-11)25(19,20)21)1-2-10-4-6-12(16(17)18)8-14(10)26(22,23)24;/h1-8H,15H2,(H,19,20,21)(H,22,23,24);/q;+1/b2-1+;. The van der Waals surface area contributed by atoms with Crippen LogP contribution in [0.15, 0.2) is 46.2 Å². The van der Waals surface area contributed by atoms with E-state index in [9.17, 15) is 36.1 Å². The van der Waals surface area contributed by atoms with Gasteiger partial charge in [0.25, 0.3) is 25.9 Å². The molecule has 4 N–H and O–H groups in total. The molecule has 2 rings (SSSR count). The van der Waals surface area contributed by atoms with E-state index in [-0.39, 0.29) is 46.4 Å². The molecule has 0 atom stereocenters. The molecule has 0 unspecified atom stereocenters. The van der Waals surface area contributed by atoms with E-state index in [1.165, 1.54) is 12.1 Å². The first kappa shape index (κ1) is 23.2. The molecule has 0 aromatic heterocycles. The molecule has 0 amide bonds. The summed E-state index contributed by atoms with van der Waals surface area (Å²) in [5.74, 6) is 0. The average molecular weight is 423 g/mol. The van der Waals surface area contributed by atoms with Crippen LogP contribution in [0.4, 0.5) is 11.4 Å². The van der Waals surface area contributed by atoms with Crippen LogP contribution in [-0.4, -0.2) is 30.9 Å². The predicted molar refractivity (Wildman–Crippen MR) is 92.5 cm³/mol. The molecule has 27 heavy (non-hydrogen) atoms. The molecule has 0 aliphatic carbocycles. The van der Waals surface area contributed by atoms with Crippen LogP contribution in [0.3, 0.4) is 0 Å². The third kappa shape index (κ3) is 5.84. The molecule has 0 saturated heterocycles. The summed E-state index contributed by atoms with van der Waals surface area (Å²) in [6.45, 7) is 0. The second-order valence-corrected chi connectivity index (χ2v) is 7.84. The van der Waals surface area contributed by atoms with Crippen LogP contribution in [0, 0.1) is 10.1 Å². The minimum Gasteiger partial charge on any atom is -0.399 e. The Morgan fingerprint density at radius 1 is 0.889 bits per heavy atom. The molecular weight excluding hydrogens is 411 g/mol. The van der Waals surface area contributed by atoms with Gasteiger partial charge >= 0.3 is 29.6 Å². The summed E-state index contributed by atoms with van der Waals surface area (Å²) in [6.07, 6.45) is 2.27. The zero-order valence-electron chi connectivity index (χ0n) is 13.8. The van der Waals surface area contributed by atoms with Gasteiger partial charge in [0, 0.05) is 17.8 Å². The van der Waals surface area contributed by atoms with Crippen molar-refractivity contribution in [3.8, 4) is 0 Å². The first-order chi connectivity index (χ1) is 11.9. The Balaban J connectivity index is 0.00000364. The molecule has 0 fully saturated rings. The fourth-order valence-corrected chi connectivity index (χ4v) is 3.51. The van der Waals surface area contributed by atoms with E-state index in [0.717, 1.165) is 30.4 Å². The molecule has 138 valence electrons. The fraction of sp³-hybridized carbons (Fsp3) is 0. The molecule has 10 nitrogen and oxygen atoms in total. The van der Waals surface area contributed by atoms with Gasteiger partial charge < -0.3 is 5.73 Å². The average Bonchev–Trinajstić information content (AvgIpc) is 2.51. The van der Waals surface area contributed by atoms with Gasteiger partial charge in [-0.2, -0.15) is 16.8 Å². The molecule has 0 bridgehead atoms. The van der Waals surface area contributed by atoms with Crippen molar-refractivity contribution in [2.45, 2.75) is 9.79 Å². The molecule has 2 aromatic carbocycles. The Morgan fingerprint density at radius 2 is 1.33 bits per heavy atom. The third-order valence-corrected chi connectivity index (χ3v) is 5.06. The minimum atomic E-state index is -4.78. The predicted octanol–water partition coefficient (Wildman–Crippen LogP) is -1.16. The van der Waals surface area contributed by atoms with Crippen molar-refractivity contribution in [2.75, 3.05) is 5.73 Å².